The molecule has 4 heteroatoms. The lowest BCUT2D eigenvalue weighted by Crippen LogP contribution is -2.45. The zero-order chi connectivity index (χ0) is 12.8. The highest BCUT2D eigenvalue weighted by Crippen LogP contribution is 1.99. The Morgan fingerprint density at radius 3 is 2.44 bits per heavy atom. The van der Waals surface area contributed by atoms with Crippen molar-refractivity contribution in [3.05, 3.63) is 0 Å². The summed E-state index contributed by atoms with van der Waals surface area (Å²) in [6.07, 6.45) is 1.16. The smallest absolute Gasteiger partial charge is 0.189 e. The van der Waals surface area contributed by atoms with Crippen molar-refractivity contribution in [3.63, 3.8) is 0 Å². The Hall–Kier alpha value is -0.770. The summed E-state index contributed by atoms with van der Waals surface area (Å²) < 4.78 is 0. The van der Waals surface area contributed by atoms with E-state index >= 15 is 0 Å². The average Bonchev–Trinajstić information content (AvgIpc) is 2.13. The minimum atomic E-state index is -0.0177. The zero-order valence-electron chi connectivity index (χ0n) is 11.7. The second kappa shape index (κ2) is 6.74. The van der Waals surface area contributed by atoms with E-state index in [-0.39, 0.29) is 5.54 Å². The molecule has 4 nitrogen and oxygen atoms in total. The summed E-state index contributed by atoms with van der Waals surface area (Å²) in [6.45, 7) is 12.3. The minimum Gasteiger partial charge on any atom is -0.370 e. The quantitative estimate of drug-likeness (QED) is 0.553. The number of nitrogens with two attached hydrogens (primary N) is 1. The van der Waals surface area contributed by atoms with Gasteiger partial charge in [-0.1, -0.05) is 6.92 Å². The molecule has 0 aromatic heterocycles. The highest BCUT2D eigenvalue weighted by molar-refractivity contribution is 5.78. The molecule has 0 saturated carbocycles. The predicted octanol–water partition coefficient (Wildman–Crippen LogP) is 1.42. The number of nitrogens with zero attached hydrogens (tertiary/aromatic N) is 2. The van der Waals surface area contributed by atoms with Crippen LogP contribution in [0.15, 0.2) is 4.99 Å². The first-order valence-electron chi connectivity index (χ1n) is 6.04. The van der Waals surface area contributed by atoms with E-state index in [1.54, 1.807) is 0 Å². The van der Waals surface area contributed by atoms with Gasteiger partial charge in [0.25, 0.3) is 0 Å². The first-order chi connectivity index (χ1) is 7.26. The maximum absolute atomic E-state index is 5.78. The summed E-state index contributed by atoms with van der Waals surface area (Å²) in [7, 11) is 2.12. The first-order valence-corrected chi connectivity index (χ1v) is 6.04. The van der Waals surface area contributed by atoms with Crippen molar-refractivity contribution in [3.8, 4) is 0 Å². The van der Waals surface area contributed by atoms with Gasteiger partial charge in [0.1, 0.15) is 0 Å². The van der Waals surface area contributed by atoms with E-state index in [9.17, 15) is 0 Å². The van der Waals surface area contributed by atoms with E-state index in [0.29, 0.717) is 12.0 Å². The van der Waals surface area contributed by atoms with Crippen LogP contribution in [-0.4, -0.2) is 42.6 Å². The molecule has 0 bridgehead atoms. The fourth-order valence-electron chi connectivity index (χ4n) is 1.28. The van der Waals surface area contributed by atoms with E-state index in [0.717, 1.165) is 19.5 Å². The molecule has 0 saturated heterocycles. The lowest BCUT2D eigenvalue weighted by atomic mass is 10.1. The van der Waals surface area contributed by atoms with Crippen LogP contribution in [0.5, 0.6) is 0 Å². The third-order valence-electron chi connectivity index (χ3n) is 2.58. The molecular weight excluding hydrogens is 200 g/mol. The van der Waals surface area contributed by atoms with Crippen molar-refractivity contribution >= 4 is 5.96 Å². The molecule has 0 rings (SSSR count). The highest BCUT2D eigenvalue weighted by Gasteiger charge is 2.10. The molecule has 0 aromatic rings. The molecule has 1 unspecified atom stereocenters. The van der Waals surface area contributed by atoms with Crippen LogP contribution in [0.1, 0.15) is 41.0 Å². The van der Waals surface area contributed by atoms with Crippen molar-refractivity contribution in [2.45, 2.75) is 52.6 Å². The van der Waals surface area contributed by atoms with Gasteiger partial charge in [-0.15, -0.1) is 0 Å². The summed E-state index contributed by atoms with van der Waals surface area (Å²) in [6, 6.07) is 0.604. The van der Waals surface area contributed by atoms with E-state index in [4.69, 9.17) is 5.73 Å². The Kier molecular flexibility index (Phi) is 6.41. The Bertz CT molecular complexity index is 218. The van der Waals surface area contributed by atoms with Gasteiger partial charge in [0.2, 0.25) is 0 Å². The summed E-state index contributed by atoms with van der Waals surface area (Å²) in [4.78, 5) is 6.61. The molecule has 16 heavy (non-hydrogen) atoms. The predicted molar refractivity (Wildman–Crippen MR) is 71.8 cm³/mol. The van der Waals surface area contributed by atoms with Crippen molar-refractivity contribution in [2.75, 3.05) is 20.1 Å². The van der Waals surface area contributed by atoms with E-state index in [2.05, 4.69) is 56.9 Å². The molecule has 1 atom stereocenters. The Labute approximate surface area is 100 Å². The lowest BCUT2D eigenvalue weighted by Gasteiger charge is -2.23. The second-order valence-electron chi connectivity index (χ2n) is 5.38. The molecule has 0 spiro atoms. The maximum Gasteiger partial charge on any atom is 0.189 e. The zero-order valence-corrected chi connectivity index (χ0v) is 11.7. The lowest BCUT2D eigenvalue weighted by molar-refractivity contribution is 0.259. The van der Waals surface area contributed by atoms with Gasteiger partial charge in [-0.2, -0.15) is 0 Å². The Balaban J connectivity index is 3.91. The third-order valence-corrected chi connectivity index (χ3v) is 2.58. The molecule has 0 aliphatic heterocycles. The van der Waals surface area contributed by atoms with Crippen LogP contribution in [0.4, 0.5) is 0 Å². The van der Waals surface area contributed by atoms with E-state index < -0.39 is 0 Å². The highest BCUT2D eigenvalue weighted by atomic mass is 15.2. The number of rotatable bonds is 5. The van der Waals surface area contributed by atoms with Gasteiger partial charge < -0.3 is 16.0 Å². The molecule has 0 radical (unpaired) electrons. The van der Waals surface area contributed by atoms with Crippen molar-refractivity contribution < 1.29 is 0 Å². The average molecular weight is 228 g/mol. The standard InChI is InChI=1S/C12H28N4/c1-7-10(2)16(6)9-8-14-11(13)15-12(3,4)5/h10H,7-9H2,1-6H3,(H3,13,14,15). The molecular formula is C12H28N4. The van der Waals surface area contributed by atoms with Crippen LogP contribution in [0.3, 0.4) is 0 Å². The maximum atomic E-state index is 5.78. The molecule has 3 N–H and O–H groups in total. The van der Waals surface area contributed by atoms with Crippen molar-refractivity contribution in [2.24, 2.45) is 10.7 Å². The largest absolute Gasteiger partial charge is 0.370 e. The van der Waals surface area contributed by atoms with Crippen LogP contribution < -0.4 is 11.1 Å². The van der Waals surface area contributed by atoms with Crippen LogP contribution in [0.2, 0.25) is 0 Å². The molecule has 0 fully saturated rings. The number of likely N-dealkylation sites (N-methyl/N-ethyl adjacent to an activating group) is 1. The number of nitrogens with one attached hydrogen (secondary N) is 1. The minimum absolute atomic E-state index is 0.0177. The normalized spacial score (nSPS) is 15.3. The van der Waals surface area contributed by atoms with Crippen LogP contribution in [0.25, 0.3) is 0 Å². The van der Waals surface area contributed by atoms with Gasteiger partial charge >= 0.3 is 0 Å². The topological polar surface area (TPSA) is 53.6 Å². The van der Waals surface area contributed by atoms with Crippen LogP contribution >= 0.6 is 0 Å². The molecule has 0 aromatic carbocycles. The van der Waals surface area contributed by atoms with Gasteiger partial charge in [0.05, 0.1) is 6.54 Å². The molecule has 0 heterocycles. The summed E-state index contributed by atoms with van der Waals surface area (Å²) in [5, 5.41) is 3.15. The summed E-state index contributed by atoms with van der Waals surface area (Å²) in [5.41, 5.74) is 5.76. The Morgan fingerprint density at radius 1 is 1.44 bits per heavy atom. The number of hydrogen-bond acceptors (Lipinski definition) is 2. The number of hydrogen-bond donors (Lipinski definition) is 2. The second-order valence-corrected chi connectivity index (χ2v) is 5.38. The van der Waals surface area contributed by atoms with Gasteiger partial charge in [-0.25, -0.2) is 0 Å². The fraction of sp³-hybridized carbons (Fsp3) is 0.917. The fourth-order valence-corrected chi connectivity index (χ4v) is 1.28. The number of aliphatic imine (C=N–C) groups is 1. The van der Waals surface area contributed by atoms with Gasteiger partial charge in [-0.05, 0) is 41.2 Å². The van der Waals surface area contributed by atoms with E-state index in [1.807, 2.05) is 0 Å². The Morgan fingerprint density at radius 2 is 2.00 bits per heavy atom. The molecule has 0 aliphatic carbocycles. The van der Waals surface area contributed by atoms with Gasteiger partial charge in [0.15, 0.2) is 5.96 Å². The van der Waals surface area contributed by atoms with Crippen LogP contribution in [0, 0.1) is 0 Å². The van der Waals surface area contributed by atoms with E-state index in [1.165, 1.54) is 0 Å². The van der Waals surface area contributed by atoms with Crippen molar-refractivity contribution in [1.82, 2.24) is 10.2 Å². The SMILES string of the molecule is CCC(C)N(C)CCN=C(N)NC(C)(C)C. The first kappa shape index (κ1) is 15.2. The summed E-state index contributed by atoms with van der Waals surface area (Å²) in [5.74, 6) is 0.532. The monoisotopic (exact) mass is 228 g/mol. The summed E-state index contributed by atoms with van der Waals surface area (Å²) >= 11 is 0. The third kappa shape index (κ3) is 7.51. The van der Waals surface area contributed by atoms with Gasteiger partial charge in [-0.3, -0.25) is 4.99 Å². The molecule has 96 valence electrons. The van der Waals surface area contributed by atoms with Crippen LogP contribution in [-0.2, 0) is 0 Å². The number of guanidine groups is 1. The molecule has 0 amide bonds. The molecule has 0 aliphatic rings. The van der Waals surface area contributed by atoms with Crippen molar-refractivity contribution in [1.29, 1.82) is 0 Å². The van der Waals surface area contributed by atoms with Gasteiger partial charge in [0, 0.05) is 18.1 Å².